The van der Waals surface area contributed by atoms with Crippen molar-refractivity contribution in [3.05, 3.63) is 63.9 Å². The van der Waals surface area contributed by atoms with Gasteiger partial charge in [0.2, 0.25) is 0 Å². The molecule has 0 saturated heterocycles. The minimum absolute atomic E-state index is 0.919. The smallest absolute Gasteiger partial charge is 0.0545 e. The highest BCUT2D eigenvalue weighted by molar-refractivity contribution is 9.10. The van der Waals surface area contributed by atoms with Gasteiger partial charge in [-0.15, -0.1) is 0 Å². The lowest BCUT2D eigenvalue weighted by molar-refractivity contribution is 0.272. The molecule has 86 valence electrons. The van der Waals surface area contributed by atoms with Gasteiger partial charge in [-0.05, 0) is 39.2 Å². The van der Waals surface area contributed by atoms with Crippen molar-refractivity contribution in [3.8, 4) is 0 Å². The van der Waals surface area contributed by atoms with Crippen molar-refractivity contribution in [2.45, 2.75) is 19.6 Å². The van der Waals surface area contributed by atoms with Gasteiger partial charge in [0.15, 0.2) is 0 Å². The molecule has 0 aliphatic carbocycles. The first-order valence-corrected chi connectivity index (χ1v) is 6.50. The Morgan fingerprint density at radius 1 is 1.06 bits per heavy atom. The molecule has 1 aliphatic heterocycles. The maximum Gasteiger partial charge on any atom is 0.0545 e. The molecule has 0 N–H and O–H groups in total. The molecule has 1 aliphatic rings. The Kier molecular flexibility index (Phi) is 2.95. The fraction of sp³-hybridized carbons (Fsp3) is 0.214. The Morgan fingerprint density at radius 2 is 1.76 bits per heavy atom. The molecule has 3 heteroatoms. The van der Waals surface area contributed by atoms with Crippen LogP contribution >= 0.6 is 15.9 Å². The van der Waals surface area contributed by atoms with Crippen molar-refractivity contribution in [2.75, 3.05) is 0 Å². The lowest BCUT2D eigenvalue weighted by atomic mass is 10.1. The number of fused-ring (bicyclic) bond motifs is 1. The topological polar surface area (TPSA) is 16.1 Å². The van der Waals surface area contributed by atoms with Crippen LogP contribution in [0.5, 0.6) is 0 Å². The Bertz CT molecular complexity index is 497. The fourth-order valence-electron chi connectivity index (χ4n) is 2.24. The van der Waals surface area contributed by atoms with Gasteiger partial charge in [0.05, 0.1) is 5.69 Å². The van der Waals surface area contributed by atoms with Crippen molar-refractivity contribution in [1.29, 1.82) is 0 Å². The summed E-state index contributed by atoms with van der Waals surface area (Å²) in [5.74, 6) is 0. The predicted octanol–water partition coefficient (Wildman–Crippen LogP) is 3.36. The van der Waals surface area contributed by atoms with Crippen LogP contribution in [-0.4, -0.2) is 9.88 Å². The number of benzene rings is 1. The third-order valence-corrected chi connectivity index (χ3v) is 3.55. The van der Waals surface area contributed by atoms with E-state index in [0.29, 0.717) is 0 Å². The Labute approximate surface area is 109 Å². The van der Waals surface area contributed by atoms with E-state index in [0.717, 1.165) is 29.8 Å². The molecule has 0 amide bonds. The molecule has 2 heterocycles. The molecule has 0 saturated carbocycles. The summed E-state index contributed by atoms with van der Waals surface area (Å²) in [6.45, 7) is 2.99. The molecular weight excluding hydrogens is 276 g/mol. The molecule has 2 aromatic rings. The van der Waals surface area contributed by atoms with E-state index in [1.54, 1.807) is 0 Å². The summed E-state index contributed by atoms with van der Waals surface area (Å²) in [5.41, 5.74) is 4.02. The molecule has 1 aromatic heterocycles. The third-order valence-electron chi connectivity index (χ3n) is 3.08. The van der Waals surface area contributed by atoms with Gasteiger partial charge in [-0.25, -0.2) is 0 Å². The van der Waals surface area contributed by atoms with E-state index < -0.39 is 0 Å². The first kappa shape index (κ1) is 10.9. The van der Waals surface area contributed by atoms with Crippen molar-refractivity contribution in [2.24, 2.45) is 0 Å². The van der Waals surface area contributed by atoms with Gasteiger partial charge in [-0.3, -0.25) is 9.88 Å². The van der Waals surface area contributed by atoms with E-state index in [-0.39, 0.29) is 0 Å². The van der Waals surface area contributed by atoms with Gasteiger partial charge in [0.25, 0.3) is 0 Å². The van der Waals surface area contributed by atoms with Crippen LogP contribution in [0.15, 0.2) is 47.1 Å². The van der Waals surface area contributed by atoms with Gasteiger partial charge in [-0.2, -0.15) is 0 Å². The number of rotatable bonds is 2. The Morgan fingerprint density at radius 3 is 2.35 bits per heavy atom. The van der Waals surface area contributed by atoms with E-state index in [1.165, 1.54) is 11.1 Å². The molecule has 0 atom stereocenters. The van der Waals surface area contributed by atoms with Crippen LogP contribution in [0, 0.1) is 0 Å². The molecule has 0 fully saturated rings. The minimum atomic E-state index is 0.919. The summed E-state index contributed by atoms with van der Waals surface area (Å²) in [4.78, 5) is 6.83. The number of hydrogen-bond donors (Lipinski definition) is 0. The van der Waals surface area contributed by atoms with E-state index in [1.807, 2.05) is 12.3 Å². The van der Waals surface area contributed by atoms with Gasteiger partial charge in [-0.1, -0.05) is 24.3 Å². The minimum Gasteiger partial charge on any atom is -0.289 e. The summed E-state index contributed by atoms with van der Waals surface area (Å²) in [7, 11) is 0. The third kappa shape index (κ3) is 2.40. The molecule has 2 nitrogen and oxygen atoms in total. The highest BCUT2D eigenvalue weighted by atomic mass is 79.9. The van der Waals surface area contributed by atoms with Crippen molar-refractivity contribution in [3.63, 3.8) is 0 Å². The van der Waals surface area contributed by atoms with Gasteiger partial charge in [0.1, 0.15) is 0 Å². The Balaban J connectivity index is 1.71. The van der Waals surface area contributed by atoms with Crippen LogP contribution in [-0.2, 0) is 19.6 Å². The molecule has 3 rings (SSSR count). The van der Waals surface area contributed by atoms with Gasteiger partial charge < -0.3 is 0 Å². The average Bonchev–Trinajstić information content (AvgIpc) is 2.74. The maximum atomic E-state index is 4.42. The van der Waals surface area contributed by atoms with Crippen LogP contribution in [0.2, 0.25) is 0 Å². The highest BCUT2D eigenvalue weighted by Crippen LogP contribution is 2.23. The van der Waals surface area contributed by atoms with Crippen LogP contribution in [0.1, 0.15) is 16.8 Å². The second-order valence-electron chi connectivity index (χ2n) is 4.38. The first-order chi connectivity index (χ1) is 8.31. The normalized spacial score (nSPS) is 14.9. The SMILES string of the molecule is Brc1ccc(CN2Cc3ccccc3C2)nc1. The summed E-state index contributed by atoms with van der Waals surface area (Å²) >= 11 is 3.41. The zero-order valence-corrected chi connectivity index (χ0v) is 11.0. The zero-order valence-electron chi connectivity index (χ0n) is 9.44. The van der Waals surface area contributed by atoms with Crippen LogP contribution in [0.4, 0.5) is 0 Å². The number of nitrogens with zero attached hydrogens (tertiary/aromatic N) is 2. The number of halogens is 1. The number of hydrogen-bond acceptors (Lipinski definition) is 2. The summed E-state index contributed by atoms with van der Waals surface area (Å²) in [6.07, 6.45) is 1.86. The second-order valence-corrected chi connectivity index (χ2v) is 5.30. The van der Waals surface area contributed by atoms with E-state index in [9.17, 15) is 0 Å². The molecular formula is C14H13BrN2. The molecule has 0 unspecified atom stereocenters. The lowest BCUT2D eigenvalue weighted by Crippen LogP contribution is -2.16. The summed E-state index contributed by atoms with van der Waals surface area (Å²) < 4.78 is 1.03. The van der Waals surface area contributed by atoms with Crippen LogP contribution < -0.4 is 0 Å². The van der Waals surface area contributed by atoms with Gasteiger partial charge in [0, 0.05) is 30.3 Å². The van der Waals surface area contributed by atoms with E-state index >= 15 is 0 Å². The average molecular weight is 289 g/mol. The van der Waals surface area contributed by atoms with Crippen LogP contribution in [0.3, 0.4) is 0 Å². The largest absolute Gasteiger partial charge is 0.289 e. The molecule has 17 heavy (non-hydrogen) atoms. The maximum absolute atomic E-state index is 4.42. The molecule has 0 radical (unpaired) electrons. The van der Waals surface area contributed by atoms with Crippen molar-refractivity contribution < 1.29 is 0 Å². The molecule has 0 bridgehead atoms. The lowest BCUT2D eigenvalue weighted by Gasteiger charge is -2.13. The zero-order chi connectivity index (χ0) is 11.7. The van der Waals surface area contributed by atoms with E-state index in [4.69, 9.17) is 0 Å². The van der Waals surface area contributed by atoms with Crippen molar-refractivity contribution in [1.82, 2.24) is 9.88 Å². The standard InChI is InChI=1S/C14H13BrN2/c15-13-5-6-14(16-7-13)10-17-8-11-3-1-2-4-12(11)9-17/h1-7H,8-10H2. The monoisotopic (exact) mass is 288 g/mol. The van der Waals surface area contributed by atoms with Crippen LogP contribution in [0.25, 0.3) is 0 Å². The summed E-state index contributed by atoms with van der Waals surface area (Å²) in [6, 6.07) is 12.8. The van der Waals surface area contributed by atoms with Gasteiger partial charge >= 0.3 is 0 Å². The second kappa shape index (κ2) is 4.59. The molecule has 1 aromatic carbocycles. The quantitative estimate of drug-likeness (QED) is 0.842. The predicted molar refractivity (Wildman–Crippen MR) is 71.3 cm³/mol. The Hall–Kier alpha value is -1.19. The van der Waals surface area contributed by atoms with Crippen molar-refractivity contribution >= 4 is 15.9 Å². The fourth-order valence-corrected chi connectivity index (χ4v) is 2.48. The molecule has 0 spiro atoms. The first-order valence-electron chi connectivity index (χ1n) is 5.71. The number of aromatic nitrogens is 1. The van der Waals surface area contributed by atoms with E-state index in [2.05, 4.69) is 56.1 Å². The number of pyridine rings is 1. The highest BCUT2D eigenvalue weighted by Gasteiger charge is 2.18. The summed E-state index contributed by atoms with van der Waals surface area (Å²) in [5, 5.41) is 0.